The van der Waals surface area contributed by atoms with Gasteiger partial charge in [0.2, 0.25) is 0 Å². The standard InChI is InChI=1S/C36H28O4Si/c1-37-33-13-5-29(6-14-33)21-25-41(26-22-30-7-15-34(38-2)16-8-30,27-23-31-9-17-35(39-3)18-10-31)28-24-32-11-19-36(40-4)20-12-32/h5-20H,1-4H3. The predicted molar refractivity (Wildman–Crippen MR) is 165 cm³/mol. The van der Waals surface area contributed by atoms with Crippen LogP contribution in [0.15, 0.2) is 97.1 Å². The van der Waals surface area contributed by atoms with E-state index in [0.29, 0.717) is 0 Å². The minimum atomic E-state index is -3.18. The monoisotopic (exact) mass is 552 g/mol. The van der Waals surface area contributed by atoms with Crippen LogP contribution in [0.25, 0.3) is 0 Å². The van der Waals surface area contributed by atoms with Gasteiger partial charge in [0.05, 0.1) is 28.4 Å². The molecule has 5 heteroatoms. The number of hydrogen-bond acceptors (Lipinski definition) is 4. The minimum absolute atomic E-state index is 0.761. The van der Waals surface area contributed by atoms with Crippen LogP contribution in [0.4, 0.5) is 0 Å². The zero-order valence-electron chi connectivity index (χ0n) is 23.4. The molecule has 0 aliphatic carbocycles. The van der Waals surface area contributed by atoms with Crippen molar-refractivity contribution in [1.29, 1.82) is 0 Å². The maximum atomic E-state index is 5.29. The fraction of sp³-hybridized carbons (Fsp3) is 0.111. The molecule has 200 valence electrons. The lowest BCUT2D eigenvalue weighted by molar-refractivity contribution is 0.414. The van der Waals surface area contributed by atoms with Gasteiger partial charge in [-0.3, -0.25) is 0 Å². The van der Waals surface area contributed by atoms with Crippen molar-refractivity contribution in [2.75, 3.05) is 28.4 Å². The van der Waals surface area contributed by atoms with Gasteiger partial charge in [-0.25, -0.2) is 0 Å². The lowest BCUT2D eigenvalue weighted by Gasteiger charge is -2.05. The first-order valence-corrected chi connectivity index (χ1v) is 14.7. The van der Waals surface area contributed by atoms with Crippen LogP contribution in [0, 0.1) is 45.9 Å². The van der Waals surface area contributed by atoms with Gasteiger partial charge in [0.25, 0.3) is 0 Å². The molecule has 0 unspecified atom stereocenters. The van der Waals surface area contributed by atoms with Crippen molar-refractivity contribution in [3.63, 3.8) is 0 Å². The molecule has 0 saturated carbocycles. The van der Waals surface area contributed by atoms with E-state index in [2.05, 4.69) is 45.9 Å². The molecule has 0 radical (unpaired) electrons. The molecule has 4 nitrogen and oxygen atoms in total. The number of benzene rings is 4. The van der Waals surface area contributed by atoms with Gasteiger partial charge < -0.3 is 18.9 Å². The van der Waals surface area contributed by atoms with Gasteiger partial charge in [0, 0.05) is 22.3 Å². The minimum Gasteiger partial charge on any atom is -0.497 e. The third-order valence-corrected chi connectivity index (χ3v) is 7.94. The smallest absolute Gasteiger partial charge is 0.370 e. The highest BCUT2D eigenvalue weighted by molar-refractivity contribution is 7.06. The molecule has 4 rings (SSSR count). The SMILES string of the molecule is COc1ccc(C#C[Si](C#Cc2ccc(OC)cc2)(C#Cc2ccc(OC)cc2)C#Cc2ccc(OC)cc2)cc1. The van der Waals surface area contributed by atoms with Gasteiger partial charge in [0.1, 0.15) is 23.0 Å². The normalized spacial score (nSPS) is 9.66. The van der Waals surface area contributed by atoms with E-state index in [0.717, 1.165) is 45.3 Å². The van der Waals surface area contributed by atoms with Crippen molar-refractivity contribution in [2.45, 2.75) is 0 Å². The lowest BCUT2D eigenvalue weighted by atomic mass is 10.2. The summed E-state index contributed by atoms with van der Waals surface area (Å²) in [6, 6.07) is 30.3. The molecule has 4 aromatic rings. The molecule has 0 bridgehead atoms. The maximum absolute atomic E-state index is 5.29. The van der Waals surface area contributed by atoms with E-state index in [1.54, 1.807) is 28.4 Å². The number of ether oxygens (including phenoxy) is 4. The third kappa shape index (κ3) is 8.26. The first kappa shape index (κ1) is 28.5. The summed E-state index contributed by atoms with van der Waals surface area (Å²) in [6.45, 7) is 0. The Labute approximate surface area is 243 Å². The molecule has 0 amide bonds. The Morgan fingerprint density at radius 1 is 0.341 bits per heavy atom. The molecular weight excluding hydrogens is 524 g/mol. The average molecular weight is 553 g/mol. The highest BCUT2D eigenvalue weighted by Crippen LogP contribution is 2.14. The van der Waals surface area contributed by atoms with Crippen molar-refractivity contribution < 1.29 is 18.9 Å². The van der Waals surface area contributed by atoms with Gasteiger partial charge in [-0.2, -0.15) is 0 Å². The predicted octanol–water partition coefficient (Wildman–Crippen LogP) is 5.83. The molecule has 4 aromatic carbocycles. The average Bonchev–Trinajstić information content (AvgIpc) is 3.05. The van der Waals surface area contributed by atoms with Crippen LogP contribution >= 0.6 is 0 Å². The maximum Gasteiger partial charge on any atom is 0.370 e. The quantitative estimate of drug-likeness (QED) is 0.236. The van der Waals surface area contributed by atoms with Gasteiger partial charge in [0.15, 0.2) is 0 Å². The van der Waals surface area contributed by atoms with Crippen LogP contribution in [0.2, 0.25) is 0 Å². The molecule has 0 saturated heterocycles. The van der Waals surface area contributed by atoms with Crippen LogP contribution in [0.1, 0.15) is 22.3 Å². The Balaban J connectivity index is 1.87. The number of methoxy groups -OCH3 is 4. The van der Waals surface area contributed by atoms with E-state index in [-0.39, 0.29) is 0 Å². The first-order valence-electron chi connectivity index (χ1n) is 12.7. The summed E-state index contributed by atoms with van der Waals surface area (Å²) >= 11 is 0. The fourth-order valence-electron chi connectivity index (χ4n) is 3.55. The van der Waals surface area contributed by atoms with Crippen LogP contribution < -0.4 is 18.9 Å². The van der Waals surface area contributed by atoms with Crippen molar-refractivity contribution >= 4 is 8.07 Å². The van der Waals surface area contributed by atoms with Crippen molar-refractivity contribution in [3.05, 3.63) is 119 Å². The molecular formula is C36H28O4Si. The van der Waals surface area contributed by atoms with Crippen LogP contribution in [-0.4, -0.2) is 36.5 Å². The molecule has 0 atom stereocenters. The van der Waals surface area contributed by atoms with E-state index in [9.17, 15) is 0 Å². The summed E-state index contributed by atoms with van der Waals surface area (Å²) in [7, 11) is 3.36. The van der Waals surface area contributed by atoms with E-state index in [1.165, 1.54) is 0 Å². The summed E-state index contributed by atoms with van der Waals surface area (Å²) in [5.74, 6) is 16.2. The Morgan fingerprint density at radius 3 is 0.707 bits per heavy atom. The topological polar surface area (TPSA) is 36.9 Å². The highest BCUT2D eigenvalue weighted by Gasteiger charge is 2.26. The fourth-order valence-corrected chi connectivity index (χ4v) is 5.25. The van der Waals surface area contributed by atoms with Crippen molar-refractivity contribution in [2.24, 2.45) is 0 Å². The second-order valence-corrected chi connectivity index (χ2v) is 11.2. The van der Waals surface area contributed by atoms with Gasteiger partial charge in [-0.1, -0.05) is 45.9 Å². The third-order valence-electron chi connectivity index (χ3n) is 5.94. The summed E-state index contributed by atoms with van der Waals surface area (Å²) in [5, 5.41) is 0. The molecule has 0 aliphatic rings. The number of rotatable bonds is 4. The van der Waals surface area contributed by atoms with E-state index < -0.39 is 8.07 Å². The van der Waals surface area contributed by atoms with Crippen LogP contribution in [0.3, 0.4) is 0 Å². The Hall–Kier alpha value is -5.46. The molecule has 0 aromatic heterocycles. The second kappa shape index (κ2) is 14.1. The summed E-state index contributed by atoms with van der Waals surface area (Å²) in [6.07, 6.45) is 0. The number of hydrogen-bond donors (Lipinski definition) is 0. The van der Waals surface area contributed by atoms with Crippen molar-refractivity contribution in [1.82, 2.24) is 0 Å². The van der Waals surface area contributed by atoms with Gasteiger partial charge in [-0.05, 0) is 97.1 Å². The van der Waals surface area contributed by atoms with Gasteiger partial charge >= 0.3 is 8.07 Å². The molecule has 0 fully saturated rings. The van der Waals surface area contributed by atoms with E-state index in [4.69, 9.17) is 18.9 Å². The summed E-state index contributed by atoms with van der Waals surface area (Å²) in [4.78, 5) is 0. The first-order chi connectivity index (χ1) is 20.0. The lowest BCUT2D eigenvalue weighted by Crippen LogP contribution is -2.29. The zero-order chi connectivity index (χ0) is 28.9. The Bertz CT molecular complexity index is 1440. The van der Waals surface area contributed by atoms with Crippen LogP contribution in [0.5, 0.6) is 23.0 Å². The van der Waals surface area contributed by atoms with Gasteiger partial charge in [-0.15, -0.1) is 0 Å². The zero-order valence-corrected chi connectivity index (χ0v) is 24.4. The molecule has 0 N–H and O–H groups in total. The Morgan fingerprint density at radius 2 is 0.537 bits per heavy atom. The van der Waals surface area contributed by atoms with E-state index >= 15 is 0 Å². The molecule has 0 aliphatic heterocycles. The van der Waals surface area contributed by atoms with Crippen molar-refractivity contribution in [3.8, 4) is 68.9 Å². The van der Waals surface area contributed by atoms with E-state index in [1.807, 2.05) is 97.1 Å². The summed E-state index contributed by atoms with van der Waals surface area (Å²) < 4.78 is 21.2. The Kier molecular flexibility index (Phi) is 9.80. The summed E-state index contributed by atoms with van der Waals surface area (Å²) in [5.41, 5.74) is 17.0. The molecule has 0 spiro atoms. The molecule has 0 heterocycles. The highest BCUT2D eigenvalue weighted by atomic mass is 28.3. The second-order valence-electron chi connectivity index (χ2n) is 8.66. The van der Waals surface area contributed by atoms with Crippen LogP contribution in [-0.2, 0) is 0 Å². The molecule has 41 heavy (non-hydrogen) atoms. The largest absolute Gasteiger partial charge is 0.497 e.